The monoisotopic (exact) mass is 231 g/mol. The van der Waals surface area contributed by atoms with Crippen LogP contribution in [-0.4, -0.2) is 0 Å². The lowest BCUT2D eigenvalue weighted by Crippen LogP contribution is -2.17. The van der Waals surface area contributed by atoms with Crippen molar-refractivity contribution < 1.29 is 0 Å². The molecule has 0 spiro atoms. The van der Waals surface area contributed by atoms with Crippen LogP contribution >= 0.6 is 0 Å². The zero-order valence-electron chi connectivity index (χ0n) is 11.8. The fourth-order valence-electron chi connectivity index (χ4n) is 1.63. The molecule has 0 heterocycles. The number of aryl methyl sites for hydroxylation is 1. The average molecular weight is 231 g/mol. The van der Waals surface area contributed by atoms with E-state index in [9.17, 15) is 0 Å². The molecule has 1 aromatic carbocycles. The number of nitrogens with one attached hydrogen (secondary N) is 1. The predicted octanol–water partition coefficient (Wildman–Crippen LogP) is 5.14. The van der Waals surface area contributed by atoms with Crippen molar-refractivity contribution in [2.45, 2.75) is 47.5 Å². The van der Waals surface area contributed by atoms with Crippen molar-refractivity contribution in [3.63, 3.8) is 0 Å². The minimum atomic E-state index is 0.167. The van der Waals surface area contributed by atoms with E-state index in [4.69, 9.17) is 0 Å². The normalized spacial score (nSPS) is 12.6. The lowest BCUT2D eigenvalue weighted by atomic mass is 9.90. The second-order valence-electron chi connectivity index (χ2n) is 5.65. The van der Waals surface area contributed by atoms with Gasteiger partial charge in [0.1, 0.15) is 0 Å². The van der Waals surface area contributed by atoms with Gasteiger partial charge in [0.15, 0.2) is 0 Å². The van der Waals surface area contributed by atoms with E-state index in [1.807, 2.05) is 0 Å². The molecular formula is C16H25N. The van der Waals surface area contributed by atoms with Crippen molar-refractivity contribution >= 4 is 5.69 Å². The predicted molar refractivity (Wildman–Crippen MR) is 77.2 cm³/mol. The molecule has 0 aromatic heterocycles. The van der Waals surface area contributed by atoms with Crippen LogP contribution in [0.5, 0.6) is 0 Å². The summed E-state index contributed by atoms with van der Waals surface area (Å²) in [4.78, 5) is 0. The molecule has 1 N–H and O–H groups in total. The zero-order chi connectivity index (χ0) is 12.9. The summed E-state index contributed by atoms with van der Waals surface area (Å²) in [6.45, 7) is 11.1. The maximum atomic E-state index is 3.54. The highest BCUT2D eigenvalue weighted by Crippen LogP contribution is 2.27. The largest absolute Gasteiger partial charge is 0.359 e. The van der Waals surface area contributed by atoms with E-state index in [2.05, 4.69) is 70.3 Å². The highest BCUT2D eigenvalue weighted by molar-refractivity contribution is 5.50. The molecule has 0 unspecified atom stereocenters. The van der Waals surface area contributed by atoms with E-state index >= 15 is 0 Å². The first kappa shape index (κ1) is 13.8. The van der Waals surface area contributed by atoms with Gasteiger partial charge in [-0.15, -0.1) is 0 Å². The smallest absolute Gasteiger partial charge is 0.0382 e. The van der Waals surface area contributed by atoms with Crippen molar-refractivity contribution in [2.24, 2.45) is 5.41 Å². The van der Waals surface area contributed by atoms with E-state index in [-0.39, 0.29) is 5.41 Å². The standard InChI is InChI=1S/C16H25N/c1-6-7-8-15(16(3,4)5)17-14-11-9-13(2)10-12-14/h8-12,17H,6-7H2,1-5H3. The van der Waals surface area contributed by atoms with Gasteiger partial charge in [0.05, 0.1) is 0 Å². The van der Waals surface area contributed by atoms with Crippen molar-refractivity contribution in [1.82, 2.24) is 0 Å². The van der Waals surface area contributed by atoms with Gasteiger partial charge in [-0.25, -0.2) is 0 Å². The van der Waals surface area contributed by atoms with Crippen molar-refractivity contribution in [3.05, 3.63) is 41.6 Å². The van der Waals surface area contributed by atoms with Crippen molar-refractivity contribution in [1.29, 1.82) is 0 Å². The first-order valence-corrected chi connectivity index (χ1v) is 6.48. The number of benzene rings is 1. The summed E-state index contributed by atoms with van der Waals surface area (Å²) in [7, 11) is 0. The lowest BCUT2D eigenvalue weighted by Gasteiger charge is -2.25. The van der Waals surface area contributed by atoms with E-state index in [1.54, 1.807) is 0 Å². The zero-order valence-corrected chi connectivity index (χ0v) is 11.8. The lowest BCUT2D eigenvalue weighted by molar-refractivity contribution is 0.505. The summed E-state index contributed by atoms with van der Waals surface area (Å²) in [5.74, 6) is 0. The quantitative estimate of drug-likeness (QED) is 0.756. The molecule has 0 saturated heterocycles. The summed E-state index contributed by atoms with van der Waals surface area (Å²) in [6, 6.07) is 8.56. The first-order valence-electron chi connectivity index (χ1n) is 6.48. The highest BCUT2D eigenvalue weighted by atomic mass is 14.9. The molecule has 17 heavy (non-hydrogen) atoms. The second kappa shape index (κ2) is 5.90. The Morgan fingerprint density at radius 3 is 2.24 bits per heavy atom. The minimum absolute atomic E-state index is 0.167. The van der Waals surface area contributed by atoms with Gasteiger partial charge in [-0.3, -0.25) is 0 Å². The SMILES string of the molecule is CCCC=C(Nc1ccc(C)cc1)C(C)(C)C. The van der Waals surface area contributed by atoms with Crippen molar-refractivity contribution in [2.75, 3.05) is 5.32 Å². The summed E-state index contributed by atoms with van der Waals surface area (Å²) in [5, 5.41) is 3.54. The summed E-state index contributed by atoms with van der Waals surface area (Å²) >= 11 is 0. The molecular weight excluding hydrogens is 206 g/mol. The number of anilines is 1. The Hall–Kier alpha value is -1.24. The molecule has 0 fully saturated rings. The third kappa shape index (κ3) is 4.64. The summed E-state index contributed by atoms with van der Waals surface area (Å²) < 4.78 is 0. The van der Waals surface area contributed by atoms with Gasteiger partial charge < -0.3 is 5.32 Å². The number of rotatable bonds is 4. The van der Waals surface area contributed by atoms with E-state index in [0.29, 0.717) is 0 Å². The molecule has 0 amide bonds. The Balaban J connectivity index is 2.83. The third-order valence-electron chi connectivity index (χ3n) is 2.78. The highest BCUT2D eigenvalue weighted by Gasteiger charge is 2.16. The molecule has 0 aliphatic rings. The summed E-state index contributed by atoms with van der Waals surface area (Å²) in [5.41, 5.74) is 3.95. The van der Waals surface area contributed by atoms with Crippen LogP contribution in [0.4, 0.5) is 5.69 Å². The van der Waals surface area contributed by atoms with Gasteiger partial charge in [0.25, 0.3) is 0 Å². The fraction of sp³-hybridized carbons (Fsp3) is 0.500. The topological polar surface area (TPSA) is 12.0 Å². The van der Waals surface area contributed by atoms with Crippen LogP contribution in [0, 0.1) is 12.3 Å². The maximum Gasteiger partial charge on any atom is 0.0382 e. The molecule has 0 aliphatic carbocycles. The van der Waals surface area contributed by atoms with E-state index in [0.717, 1.165) is 6.42 Å². The molecule has 0 bridgehead atoms. The summed E-state index contributed by atoms with van der Waals surface area (Å²) in [6.07, 6.45) is 4.64. The Morgan fingerprint density at radius 2 is 1.76 bits per heavy atom. The Bertz CT molecular complexity index is 366. The Labute approximate surface area is 106 Å². The van der Waals surface area contributed by atoms with Crippen LogP contribution in [-0.2, 0) is 0 Å². The third-order valence-corrected chi connectivity index (χ3v) is 2.78. The van der Waals surface area contributed by atoms with Crippen LogP contribution in [0.1, 0.15) is 46.1 Å². The average Bonchev–Trinajstić information content (AvgIpc) is 2.25. The van der Waals surface area contributed by atoms with Gasteiger partial charge in [0, 0.05) is 16.8 Å². The van der Waals surface area contributed by atoms with Crippen LogP contribution in [0.15, 0.2) is 36.0 Å². The molecule has 0 saturated carbocycles. The van der Waals surface area contributed by atoms with Crippen molar-refractivity contribution in [3.8, 4) is 0 Å². The number of allylic oxidation sites excluding steroid dienone is 2. The molecule has 1 nitrogen and oxygen atoms in total. The molecule has 0 atom stereocenters. The molecule has 1 heteroatoms. The van der Waals surface area contributed by atoms with Crippen LogP contribution in [0.3, 0.4) is 0 Å². The van der Waals surface area contributed by atoms with Gasteiger partial charge >= 0.3 is 0 Å². The molecule has 0 aliphatic heterocycles. The molecule has 1 rings (SSSR count). The van der Waals surface area contributed by atoms with E-state index in [1.165, 1.54) is 23.4 Å². The van der Waals surface area contributed by atoms with Crippen LogP contribution < -0.4 is 5.32 Å². The van der Waals surface area contributed by atoms with Gasteiger partial charge in [-0.1, -0.05) is 57.9 Å². The van der Waals surface area contributed by atoms with Gasteiger partial charge in [-0.2, -0.15) is 0 Å². The van der Waals surface area contributed by atoms with Gasteiger partial charge in [-0.05, 0) is 25.5 Å². The van der Waals surface area contributed by atoms with E-state index < -0.39 is 0 Å². The molecule has 94 valence electrons. The van der Waals surface area contributed by atoms with Crippen LogP contribution in [0.2, 0.25) is 0 Å². The maximum absolute atomic E-state index is 3.54. The second-order valence-corrected chi connectivity index (χ2v) is 5.65. The van der Waals surface area contributed by atoms with Gasteiger partial charge in [0.2, 0.25) is 0 Å². The fourth-order valence-corrected chi connectivity index (χ4v) is 1.63. The number of unbranched alkanes of at least 4 members (excludes halogenated alkanes) is 1. The Morgan fingerprint density at radius 1 is 1.18 bits per heavy atom. The number of hydrogen-bond acceptors (Lipinski definition) is 1. The molecule has 0 radical (unpaired) electrons. The number of hydrogen-bond donors (Lipinski definition) is 1. The Kier molecular flexibility index (Phi) is 4.80. The first-order chi connectivity index (χ1) is 7.93. The molecule has 1 aromatic rings. The van der Waals surface area contributed by atoms with Crippen LogP contribution in [0.25, 0.3) is 0 Å². The minimum Gasteiger partial charge on any atom is -0.359 e.